The third kappa shape index (κ3) is 3.32. The van der Waals surface area contributed by atoms with Crippen LogP contribution in [0.15, 0.2) is 34.3 Å². The molecule has 0 unspecified atom stereocenters. The number of halogens is 1. The van der Waals surface area contributed by atoms with Gasteiger partial charge in [0.1, 0.15) is 0 Å². The molecule has 6 nitrogen and oxygen atoms in total. The lowest BCUT2D eigenvalue weighted by atomic mass is 10.4. The third-order valence-corrected chi connectivity index (χ3v) is 4.10. The molecule has 0 radical (unpaired) electrons. The fraction of sp³-hybridized carbons (Fsp3) is 0.222. The average molecular weight is 278 g/mol. The van der Waals surface area contributed by atoms with E-state index in [0.717, 1.165) is 4.31 Å². The molecule has 0 aliphatic heterocycles. The number of hydrogen-bond acceptors (Lipinski definition) is 4. The zero-order valence-electron chi connectivity index (χ0n) is 9.04. The van der Waals surface area contributed by atoms with Gasteiger partial charge in [0, 0.05) is 12.1 Å². The molecule has 0 aromatic heterocycles. The maximum absolute atomic E-state index is 12.0. The van der Waals surface area contributed by atoms with Crippen LogP contribution in [0.2, 0.25) is 5.02 Å². The number of sulfonamides is 1. The van der Waals surface area contributed by atoms with Crippen LogP contribution in [0.1, 0.15) is 0 Å². The Balaban J connectivity index is 2.99. The summed E-state index contributed by atoms with van der Waals surface area (Å²) >= 11 is 5.67. The van der Waals surface area contributed by atoms with Gasteiger partial charge in [0.25, 0.3) is 0 Å². The largest absolute Gasteiger partial charge is 0.409 e. The Bertz CT molecular complexity index is 513. The lowest BCUT2D eigenvalue weighted by Gasteiger charge is -2.16. The quantitative estimate of drug-likeness (QED) is 0.367. The average Bonchev–Trinajstić information content (AvgIpc) is 2.29. The Hall–Kier alpha value is -1.31. The van der Waals surface area contributed by atoms with Crippen molar-refractivity contribution in [3.8, 4) is 0 Å². The SMILES string of the molecule is CN(CC(N)=NO)S(=O)(=O)c1ccc(Cl)cc1. The molecule has 0 fully saturated rings. The number of nitrogens with zero attached hydrogens (tertiary/aromatic N) is 2. The lowest BCUT2D eigenvalue weighted by Crippen LogP contribution is -2.35. The fourth-order valence-electron chi connectivity index (χ4n) is 1.13. The Morgan fingerprint density at radius 3 is 2.47 bits per heavy atom. The van der Waals surface area contributed by atoms with Gasteiger partial charge in [-0.15, -0.1) is 0 Å². The van der Waals surface area contributed by atoms with Crippen LogP contribution in [0.5, 0.6) is 0 Å². The molecule has 0 aliphatic carbocycles. The van der Waals surface area contributed by atoms with Crippen LogP contribution in [0.3, 0.4) is 0 Å². The van der Waals surface area contributed by atoms with Crippen molar-refractivity contribution in [2.24, 2.45) is 10.9 Å². The molecule has 0 saturated carbocycles. The predicted molar refractivity (Wildman–Crippen MR) is 64.7 cm³/mol. The molecule has 1 aromatic rings. The first kappa shape index (κ1) is 13.8. The minimum Gasteiger partial charge on any atom is -0.409 e. The van der Waals surface area contributed by atoms with Gasteiger partial charge in [-0.25, -0.2) is 8.42 Å². The van der Waals surface area contributed by atoms with Crippen LogP contribution >= 0.6 is 11.6 Å². The Morgan fingerprint density at radius 2 is 2.00 bits per heavy atom. The summed E-state index contributed by atoms with van der Waals surface area (Å²) in [6.45, 7) is -0.193. The summed E-state index contributed by atoms with van der Waals surface area (Å²) in [6.07, 6.45) is 0. The molecule has 0 bridgehead atoms. The number of likely N-dealkylation sites (N-methyl/N-ethyl adjacent to an activating group) is 1. The Kier molecular flexibility index (Phi) is 4.33. The van der Waals surface area contributed by atoms with Crippen molar-refractivity contribution in [1.29, 1.82) is 0 Å². The number of amidine groups is 1. The van der Waals surface area contributed by atoms with Gasteiger partial charge >= 0.3 is 0 Å². The monoisotopic (exact) mass is 277 g/mol. The molecule has 1 aromatic carbocycles. The molecule has 0 atom stereocenters. The summed E-state index contributed by atoms with van der Waals surface area (Å²) in [6, 6.07) is 5.73. The molecule has 1 rings (SSSR count). The van der Waals surface area contributed by atoms with Gasteiger partial charge in [-0.05, 0) is 24.3 Å². The van der Waals surface area contributed by atoms with Crippen molar-refractivity contribution in [2.45, 2.75) is 4.90 Å². The molecule has 8 heteroatoms. The lowest BCUT2D eigenvalue weighted by molar-refractivity contribution is 0.315. The molecular weight excluding hydrogens is 266 g/mol. The first-order valence-electron chi connectivity index (χ1n) is 4.56. The molecule has 94 valence electrons. The summed E-state index contributed by atoms with van der Waals surface area (Å²) in [4.78, 5) is 0.0927. The number of rotatable bonds is 4. The first-order valence-corrected chi connectivity index (χ1v) is 6.38. The van der Waals surface area contributed by atoms with Gasteiger partial charge in [-0.3, -0.25) is 0 Å². The standard InChI is InChI=1S/C9H12ClN3O3S/c1-13(6-9(11)12-14)17(15,16)8-4-2-7(10)3-5-8/h2-5,14H,6H2,1H3,(H2,11,12). The molecule has 17 heavy (non-hydrogen) atoms. The topological polar surface area (TPSA) is 96.0 Å². The molecule has 0 spiro atoms. The van der Waals surface area contributed by atoms with E-state index in [-0.39, 0.29) is 17.3 Å². The number of nitrogens with two attached hydrogens (primary N) is 1. The van der Waals surface area contributed by atoms with E-state index in [0.29, 0.717) is 5.02 Å². The zero-order chi connectivity index (χ0) is 13.1. The van der Waals surface area contributed by atoms with Crippen LogP contribution < -0.4 is 5.73 Å². The highest BCUT2D eigenvalue weighted by atomic mass is 35.5. The van der Waals surface area contributed by atoms with E-state index in [1.807, 2.05) is 0 Å². The number of hydrogen-bond donors (Lipinski definition) is 2. The molecule has 0 aliphatic rings. The van der Waals surface area contributed by atoms with Crippen LogP contribution in [-0.4, -0.2) is 37.4 Å². The summed E-state index contributed by atoms with van der Waals surface area (Å²) in [5.74, 6) is -0.190. The summed E-state index contributed by atoms with van der Waals surface area (Å²) in [5, 5.41) is 11.5. The van der Waals surface area contributed by atoms with E-state index in [2.05, 4.69) is 5.16 Å². The summed E-state index contributed by atoms with van der Waals surface area (Å²) in [7, 11) is -2.32. The number of benzene rings is 1. The smallest absolute Gasteiger partial charge is 0.243 e. The predicted octanol–water partition coefficient (Wildman–Crippen LogP) is 0.707. The summed E-state index contributed by atoms with van der Waals surface area (Å²) < 4.78 is 24.9. The van der Waals surface area contributed by atoms with Gasteiger partial charge in [0.2, 0.25) is 10.0 Å². The van der Waals surface area contributed by atoms with Crippen LogP contribution in [0.25, 0.3) is 0 Å². The van der Waals surface area contributed by atoms with Crippen molar-refractivity contribution >= 4 is 27.5 Å². The van der Waals surface area contributed by atoms with Gasteiger partial charge in [-0.2, -0.15) is 4.31 Å². The second-order valence-corrected chi connectivity index (χ2v) is 5.79. The highest BCUT2D eigenvalue weighted by Crippen LogP contribution is 2.17. The van der Waals surface area contributed by atoms with Crippen LogP contribution in [0.4, 0.5) is 0 Å². The van der Waals surface area contributed by atoms with Gasteiger partial charge in [0.05, 0.1) is 11.4 Å². The maximum atomic E-state index is 12.0. The van der Waals surface area contributed by atoms with Crippen molar-refractivity contribution in [2.75, 3.05) is 13.6 Å². The van der Waals surface area contributed by atoms with E-state index in [1.165, 1.54) is 31.3 Å². The second kappa shape index (κ2) is 5.35. The third-order valence-electron chi connectivity index (χ3n) is 2.03. The normalized spacial score (nSPS) is 13.0. The number of oxime groups is 1. The minimum absolute atomic E-state index is 0.0927. The zero-order valence-corrected chi connectivity index (χ0v) is 10.6. The summed E-state index contributed by atoms with van der Waals surface area (Å²) in [5.41, 5.74) is 5.25. The molecule has 0 heterocycles. The van der Waals surface area contributed by atoms with Crippen molar-refractivity contribution in [3.05, 3.63) is 29.3 Å². The van der Waals surface area contributed by atoms with E-state index < -0.39 is 10.0 Å². The first-order chi connectivity index (χ1) is 7.87. The fourth-order valence-corrected chi connectivity index (χ4v) is 2.40. The molecular formula is C9H12ClN3O3S. The Labute approximate surface area is 104 Å². The Morgan fingerprint density at radius 1 is 1.47 bits per heavy atom. The minimum atomic E-state index is -3.66. The van der Waals surface area contributed by atoms with Gasteiger partial charge in [-0.1, -0.05) is 16.8 Å². The van der Waals surface area contributed by atoms with Crippen LogP contribution in [-0.2, 0) is 10.0 Å². The van der Waals surface area contributed by atoms with E-state index in [1.54, 1.807) is 0 Å². The molecule has 3 N–H and O–H groups in total. The van der Waals surface area contributed by atoms with Crippen molar-refractivity contribution in [3.63, 3.8) is 0 Å². The van der Waals surface area contributed by atoms with Crippen LogP contribution in [0, 0.1) is 0 Å². The highest BCUT2D eigenvalue weighted by molar-refractivity contribution is 7.89. The molecule has 0 amide bonds. The van der Waals surface area contributed by atoms with Gasteiger partial charge < -0.3 is 10.9 Å². The van der Waals surface area contributed by atoms with Crippen molar-refractivity contribution < 1.29 is 13.6 Å². The van der Waals surface area contributed by atoms with E-state index in [9.17, 15) is 8.42 Å². The van der Waals surface area contributed by atoms with Gasteiger partial charge in [0.15, 0.2) is 5.84 Å². The molecule has 0 saturated heterocycles. The van der Waals surface area contributed by atoms with E-state index >= 15 is 0 Å². The van der Waals surface area contributed by atoms with E-state index in [4.69, 9.17) is 22.5 Å². The second-order valence-electron chi connectivity index (χ2n) is 3.31. The highest BCUT2D eigenvalue weighted by Gasteiger charge is 2.21. The van der Waals surface area contributed by atoms with Crippen molar-refractivity contribution in [1.82, 2.24) is 4.31 Å². The maximum Gasteiger partial charge on any atom is 0.243 e.